The van der Waals surface area contributed by atoms with Crippen molar-refractivity contribution in [2.75, 3.05) is 26.7 Å². The average Bonchev–Trinajstić information content (AvgIpc) is 3.18. The van der Waals surface area contributed by atoms with Crippen molar-refractivity contribution in [1.29, 1.82) is 0 Å². The molecule has 0 spiro atoms. The zero-order valence-corrected chi connectivity index (χ0v) is 20.0. The number of fused-ring (bicyclic) bond motifs is 1. The van der Waals surface area contributed by atoms with Gasteiger partial charge in [0.15, 0.2) is 17.5 Å². The Labute approximate surface area is 188 Å². The predicted molar refractivity (Wildman–Crippen MR) is 126 cm³/mol. The van der Waals surface area contributed by atoms with Gasteiger partial charge in [0, 0.05) is 37.4 Å². The van der Waals surface area contributed by atoms with E-state index in [4.69, 9.17) is 9.47 Å². The quantitative estimate of drug-likeness (QED) is 0.255. The molecule has 0 amide bonds. The minimum atomic E-state index is -0.165. The van der Waals surface area contributed by atoms with Crippen LogP contribution < -0.4 is 20.1 Å². The van der Waals surface area contributed by atoms with Crippen molar-refractivity contribution in [3.05, 3.63) is 39.8 Å². The first kappa shape index (κ1) is 22.7. The van der Waals surface area contributed by atoms with Crippen LogP contribution in [0.5, 0.6) is 11.5 Å². The van der Waals surface area contributed by atoms with E-state index >= 15 is 0 Å². The lowest BCUT2D eigenvalue weighted by atomic mass is 10.0. The topological polar surface area (TPSA) is 67.8 Å². The van der Waals surface area contributed by atoms with Crippen LogP contribution in [0, 0.1) is 6.92 Å². The number of halogens is 1. The van der Waals surface area contributed by atoms with E-state index in [9.17, 15) is 0 Å². The second kappa shape index (κ2) is 10.3. The van der Waals surface area contributed by atoms with Crippen molar-refractivity contribution in [3.8, 4) is 11.5 Å². The molecule has 2 aromatic rings. The number of rotatable bonds is 7. The van der Waals surface area contributed by atoms with Gasteiger partial charge in [0.1, 0.15) is 12.2 Å². The molecule has 0 aliphatic carbocycles. The molecule has 6 nitrogen and oxygen atoms in total. The van der Waals surface area contributed by atoms with Gasteiger partial charge in [-0.15, -0.1) is 35.3 Å². The Morgan fingerprint density at radius 3 is 2.82 bits per heavy atom. The van der Waals surface area contributed by atoms with Crippen molar-refractivity contribution in [2.45, 2.75) is 39.2 Å². The Hall–Kier alpha value is -1.55. The number of hydrogen-bond acceptors (Lipinski definition) is 5. The summed E-state index contributed by atoms with van der Waals surface area (Å²) in [6.07, 6.45) is 1.79. The van der Waals surface area contributed by atoms with E-state index in [1.807, 2.05) is 19.1 Å². The fourth-order valence-electron chi connectivity index (χ4n) is 3.08. The zero-order chi connectivity index (χ0) is 19.3. The zero-order valence-electron chi connectivity index (χ0n) is 16.9. The van der Waals surface area contributed by atoms with Crippen LogP contribution in [0.4, 0.5) is 0 Å². The maximum absolute atomic E-state index is 6.04. The van der Waals surface area contributed by atoms with Crippen LogP contribution in [0.3, 0.4) is 0 Å². The summed E-state index contributed by atoms with van der Waals surface area (Å²) in [4.78, 5) is 8.71. The molecule has 3 rings (SSSR count). The van der Waals surface area contributed by atoms with Crippen LogP contribution in [-0.4, -0.2) is 43.3 Å². The molecule has 1 aromatic heterocycles. The monoisotopic (exact) mass is 516 g/mol. The highest BCUT2D eigenvalue weighted by Gasteiger charge is 2.32. The minimum absolute atomic E-state index is 0. The summed E-state index contributed by atoms with van der Waals surface area (Å²) in [5.41, 5.74) is 2.16. The smallest absolute Gasteiger partial charge is 0.191 e. The molecular weight excluding hydrogens is 487 g/mol. The molecule has 28 heavy (non-hydrogen) atoms. The van der Waals surface area contributed by atoms with Gasteiger partial charge in [0.25, 0.3) is 0 Å². The second-order valence-electron chi connectivity index (χ2n) is 7.17. The molecule has 0 saturated carbocycles. The normalized spacial score (nSPS) is 14.6. The van der Waals surface area contributed by atoms with Gasteiger partial charge in [-0.25, -0.2) is 4.98 Å². The van der Waals surface area contributed by atoms with Crippen LogP contribution in [0.2, 0.25) is 0 Å². The summed E-state index contributed by atoms with van der Waals surface area (Å²) in [5.74, 6) is 2.45. The number of hydrogen-bond donors (Lipinski definition) is 2. The number of guanidine groups is 1. The second-order valence-corrected chi connectivity index (χ2v) is 8.23. The molecular formula is C20H29IN4O2S. The molecule has 1 aliphatic rings. The summed E-state index contributed by atoms with van der Waals surface area (Å²) < 4.78 is 12.0. The number of ether oxygens (including phenoxy) is 2. The van der Waals surface area contributed by atoms with E-state index in [1.54, 1.807) is 18.4 Å². The van der Waals surface area contributed by atoms with Gasteiger partial charge >= 0.3 is 0 Å². The number of aromatic nitrogens is 1. The molecule has 1 aliphatic heterocycles. The maximum Gasteiger partial charge on any atom is 0.191 e. The lowest BCUT2D eigenvalue weighted by molar-refractivity contribution is 0.132. The first-order valence-electron chi connectivity index (χ1n) is 9.26. The average molecular weight is 516 g/mol. The first-order chi connectivity index (χ1) is 13.0. The van der Waals surface area contributed by atoms with Gasteiger partial charge in [-0.2, -0.15) is 0 Å². The largest absolute Gasteiger partial charge is 0.488 e. The van der Waals surface area contributed by atoms with Crippen molar-refractivity contribution in [1.82, 2.24) is 15.6 Å². The van der Waals surface area contributed by atoms with Gasteiger partial charge in [0.2, 0.25) is 0 Å². The van der Waals surface area contributed by atoms with E-state index in [0.29, 0.717) is 13.2 Å². The Balaban J connectivity index is 0.00000280. The Morgan fingerprint density at radius 2 is 2.11 bits per heavy atom. The highest BCUT2D eigenvalue weighted by Crippen LogP contribution is 2.41. The van der Waals surface area contributed by atoms with Crippen LogP contribution in [0.15, 0.2) is 28.6 Å². The number of thiazole rings is 1. The van der Waals surface area contributed by atoms with E-state index in [-0.39, 0.29) is 29.6 Å². The fourth-order valence-corrected chi connectivity index (χ4v) is 3.73. The molecule has 2 N–H and O–H groups in total. The van der Waals surface area contributed by atoms with Crippen molar-refractivity contribution < 1.29 is 9.47 Å². The summed E-state index contributed by atoms with van der Waals surface area (Å²) in [5, 5.41) is 9.77. The summed E-state index contributed by atoms with van der Waals surface area (Å²) in [7, 11) is 1.77. The Morgan fingerprint density at radius 1 is 1.32 bits per heavy atom. The number of para-hydroxylation sites is 1. The van der Waals surface area contributed by atoms with E-state index in [1.165, 1.54) is 5.56 Å². The highest BCUT2D eigenvalue weighted by molar-refractivity contribution is 14.0. The van der Waals surface area contributed by atoms with Gasteiger partial charge in [-0.05, 0) is 26.8 Å². The Bertz CT molecular complexity index is 807. The van der Waals surface area contributed by atoms with Crippen molar-refractivity contribution >= 4 is 41.3 Å². The van der Waals surface area contributed by atoms with Crippen LogP contribution in [0.1, 0.15) is 30.1 Å². The van der Waals surface area contributed by atoms with Crippen LogP contribution >= 0.6 is 35.3 Å². The lowest BCUT2D eigenvalue weighted by Crippen LogP contribution is -2.40. The molecule has 1 aromatic carbocycles. The molecule has 154 valence electrons. The number of aliphatic imine (C=N–C) groups is 1. The fraction of sp³-hybridized carbons (Fsp3) is 0.500. The minimum Gasteiger partial charge on any atom is -0.488 e. The standard InChI is InChI=1S/C20H28N4O2S.HI/c1-14-24-16(13-27-14)8-9-22-19(21-4)23-10-11-25-17-7-5-6-15-12-20(2,3)26-18(15)17;/h5-7,13H,8-12H2,1-4H3,(H2,21,22,23);1H. The SMILES string of the molecule is CN=C(NCCOc1cccc2c1OC(C)(C)C2)NCCc1csc(C)n1.I. The number of benzene rings is 1. The van der Waals surface area contributed by atoms with E-state index in [2.05, 4.69) is 45.9 Å². The molecule has 0 bridgehead atoms. The van der Waals surface area contributed by atoms with Gasteiger partial charge in [-0.3, -0.25) is 4.99 Å². The van der Waals surface area contributed by atoms with Crippen LogP contribution in [-0.2, 0) is 12.8 Å². The predicted octanol–water partition coefficient (Wildman–Crippen LogP) is 3.57. The van der Waals surface area contributed by atoms with Crippen molar-refractivity contribution in [3.63, 3.8) is 0 Å². The third-order valence-corrected chi connectivity index (χ3v) is 5.09. The molecule has 8 heteroatoms. The van der Waals surface area contributed by atoms with E-state index in [0.717, 1.165) is 47.5 Å². The summed E-state index contributed by atoms with van der Waals surface area (Å²) in [6, 6.07) is 6.08. The molecule has 0 unspecified atom stereocenters. The molecule has 0 fully saturated rings. The third kappa shape index (κ3) is 6.23. The summed E-state index contributed by atoms with van der Waals surface area (Å²) >= 11 is 1.68. The van der Waals surface area contributed by atoms with Gasteiger partial charge in [0.05, 0.1) is 17.2 Å². The van der Waals surface area contributed by atoms with Crippen LogP contribution in [0.25, 0.3) is 0 Å². The lowest BCUT2D eigenvalue weighted by Gasteiger charge is -2.18. The molecule has 0 saturated heterocycles. The third-order valence-electron chi connectivity index (χ3n) is 4.27. The van der Waals surface area contributed by atoms with Crippen molar-refractivity contribution in [2.24, 2.45) is 4.99 Å². The Kier molecular flexibility index (Phi) is 8.36. The first-order valence-corrected chi connectivity index (χ1v) is 10.1. The molecule has 2 heterocycles. The summed E-state index contributed by atoms with van der Waals surface area (Å²) in [6.45, 7) is 8.20. The number of nitrogens with one attached hydrogen (secondary N) is 2. The van der Waals surface area contributed by atoms with Gasteiger partial charge < -0.3 is 20.1 Å². The molecule has 0 atom stereocenters. The maximum atomic E-state index is 6.04. The highest BCUT2D eigenvalue weighted by atomic mass is 127. The van der Waals surface area contributed by atoms with Gasteiger partial charge in [-0.1, -0.05) is 12.1 Å². The number of nitrogens with zero attached hydrogens (tertiary/aromatic N) is 2. The number of aryl methyl sites for hydroxylation is 1. The van der Waals surface area contributed by atoms with E-state index < -0.39 is 0 Å². The molecule has 0 radical (unpaired) electrons.